The molecule has 158 valence electrons. The van der Waals surface area contributed by atoms with E-state index in [2.05, 4.69) is 19.1 Å². The molecule has 0 saturated carbocycles. The van der Waals surface area contributed by atoms with E-state index in [0.29, 0.717) is 28.5 Å². The predicted molar refractivity (Wildman–Crippen MR) is 122 cm³/mol. The lowest BCUT2D eigenvalue weighted by Crippen LogP contribution is -2.14. The molecule has 2 aromatic carbocycles. The number of benzene rings is 2. The van der Waals surface area contributed by atoms with Crippen LogP contribution in [0.1, 0.15) is 63.9 Å². The molecule has 3 rings (SSSR count). The molecule has 3 aromatic rings. The van der Waals surface area contributed by atoms with Crippen LogP contribution >= 0.6 is 0 Å². The van der Waals surface area contributed by atoms with Crippen molar-refractivity contribution in [3.05, 3.63) is 70.4 Å². The fourth-order valence-electron chi connectivity index (χ4n) is 3.45. The molecule has 0 aliphatic heterocycles. The molecule has 0 aliphatic carbocycles. The van der Waals surface area contributed by atoms with Crippen molar-refractivity contribution in [3.8, 4) is 0 Å². The van der Waals surface area contributed by atoms with E-state index >= 15 is 0 Å². The van der Waals surface area contributed by atoms with Crippen molar-refractivity contribution in [1.82, 2.24) is 0 Å². The number of hydrogen-bond donors (Lipinski definition) is 0. The van der Waals surface area contributed by atoms with Gasteiger partial charge in [0.25, 0.3) is 0 Å². The van der Waals surface area contributed by atoms with E-state index in [9.17, 15) is 9.59 Å². The lowest BCUT2D eigenvalue weighted by atomic mass is 9.99. The Bertz CT molecular complexity index is 1080. The van der Waals surface area contributed by atoms with Crippen LogP contribution in [-0.4, -0.2) is 12.6 Å². The van der Waals surface area contributed by atoms with E-state index < -0.39 is 5.92 Å². The van der Waals surface area contributed by atoms with Crippen LogP contribution in [0.5, 0.6) is 0 Å². The molecule has 4 heteroatoms. The second kappa shape index (κ2) is 10.8. The summed E-state index contributed by atoms with van der Waals surface area (Å²) in [5, 5.41) is 1.03. The largest absolute Gasteiger partial charge is 0.465 e. The quantitative estimate of drug-likeness (QED) is 0.167. The van der Waals surface area contributed by atoms with Crippen LogP contribution < -0.4 is 5.43 Å². The highest BCUT2D eigenvalue weighted by atomic mass is 16.5. The first-order chi connectivity index (χ1) is 14.6. The van der Waals surface area contributed by atoms with Crippen LogP contribution in [0.15, 0.2) is 63.8 Å². The summed E-state index contributed by atoms with van der Waals surface area (Å²) in [6.07, 6.45) is 10.9. The third-order valence-electron chi connectivity index (χ3n) is 5.35. The van der Waals surface area contributed by atoms with E-state index in [4.69, 9.17) is 9.15 Å². The molecule has 1 unspecified atom stereocenters. The summed E-state index contributed by atoms with van der Waals surface area (Å²) in [7, 11) is 0. The van der Waals surface area contributed by atoms with Crippen LogP contribution in [0, 0.1) is 0 Å². The van der Waals surface area contributed by atoms with E-state index in [1.54, 1.807) is 24.3 Å². The summed E-state index contributed by atoms with van der Waals surface area (Å²) in [4.78, 5) is 25.3. The van der Waals surface area contributed by atoms with E-state index in [1.807, 2.05) is 25.1 Å². The van der Waals surface area contributed by atoms with Gasteiger partial charge < -0.3 is 9.15 Å². The Morgan fingerprint density at radius 2 is 1.73 bits per heavy atom. The minimum absolute atomic E-state index is 0.0822. The zero-order valence-corrected chi connectivity index (χ0v) is 17.9. The SMILES string of the molecule is CCCCC=CCCCCOC(=O)C(C)c1ccc2oc3ccccc3c(=O)c2c1. The topological polar surface area (TPSA) is 56.5 Å². The average molecular weight is 407 g/mol. The van der Waals surface area contributed by atoms with Gasteiger partial charge in [0.2, 0.25) is 5.43 Å². The molecule has 0 radical (unpaired) electrons. The van der Waals surface area contributed by atoms with E-state index in [0.717, 1.165) is 31.2 Å². The molecule has 0 aliphatic rings. The lowest BCUT2D eigenvalue weighted by Gasteiger charge is -2.12. The highest BCUT2D eigenvalue weighted by Crippen LogP contribution is 2.24. The number of hydrogen-bond acceptors (Lipinski definition) is 4. The number of carbonyl (C=O) groups excluding carboxylic acids is 1. The zero-order chi connectivity index (χ0) is 21.3. The van der Waals surface area contributed by atoms with Crippen LogP contribution in [0.2, 0.25) is 0 Å². The molecular formula is C26H30O4. The number of ether oxygens (including phenoxy) is 1. The lowest BCUT2D eigenvalue weighted by molar-refractivity contribution is -0.145. The Morgan fingerprint density at radius 3 is 2.53 bits per heavy atom. The highest BCUT2D eigenvalue weighted by molar-refractivity contribution is 5.90. The molecule has 1 atom stereocenters. The van der Waals surface area contributed by atoms with Gasteiger partial charge in [0.05, 0.1) is 23.3 Å². The molecule has 1 aromatic heterocycles. The summed E-state index contributed by atoms with van der Waals surface area (Å²) in [6.45, 7) is 4.42. The van der Waals surface area contributed by atoms with Crippen molar-refractivity contribution in [2.45, 2.75) is 58.3 Å². The van der Waals surface area contributed by atoms with Gasteiger partial charge in [-0.15, -0.1) is 0 Å². The molecular weight excluding hydrogens is 376 g/mol. The maximum atomic E-state index is 12.8. The average Bonchev–Trinajstić information content (AvgIpc) is 2.77. The molecule has 0 bridgehead atoms. The molecule has 30 heavy (non-hydrogen) atoms. The molecule has 0 amide bonds. The Hall–Kier alpha value is -2.88. The van der Waals surface area contributed by atoms with Gasteiger partial charge in [0, 0.05) is 0 Å². The Labute approximate surface area is 177 Å². The second-order valence-corrected chi connectivity index (χ2v) is 7.68. The first-order valence-electron chi connectivity index (χ1n) is 10.9. The summed E-state index contributed by atoms with van der Waals surface area (Å²) < 4.78 is 11.3. The van der Waals surface area contributed by atoms with Gasteiger partial charge >= 0.3 is 5.97 Å². The van der Waals surface area contributed by atoms with Gasteiger partial charge in [-0.1, -0.05) is 50.1 Å². The van der Waals surface area contributed by atoms with Crippen molar-refractivity contribution in [2.24, 2.45) is 0 Å². The first-order valence-corrected chi connectivity index (χ1v) is 10.9. The Balaban J connectivity index is 1.58. The Kier molecular flexibility index (Phi) is 7.83. The summed E-state index contributed by atoms with van der Waals surface area (Å²) in [5.74, 6) is -0.702. The Morgan fingerprint density at radius 1 is 1.00 bits per heavy atom. The number of rotatable bonds is 10. The molecule has 4 nitrogen and oxygen atoms in total. The monoisotopic (exact) mass is 406 g/mol. The summed E-state index contributed by atoms with van der Waals surface area (Å²) in [6, 6.07) is 12.5. The highest BCUT2D eigenvalue weighted by Gasteiger charge is 2.18. The van der Waals surface area contributed by atoms with Gasteiger partial charge in [-0.25, -0.2) is 0 Å². The molecule has 0 fully saturated rings. The van der Waals surface area contributed by atoms with Crippen molar-refractivity contribution < 1.29 is 13.9 Å². The molecule has 1 heterocycles. The molecule has 0 N–H and O–H groups in total. The molecule has 0 saturated heterocycles. The van der Waals surface area contributed by atoms with Crippen LogP contribution in [0.3, 0.4) is 0 Å². The fourth-order valence-corrected chi connectivity index (χ4v) is 3.45. The van der Waals surface area contributed by atoms with Crippen molar-refractivity contribution in [3.63, 3.8) is 0 Å². The second-order valence-electron chi connectivity index (χ2n) is 7.68. The number of unbranched alkanes of at least 4 members (excludes halogenated alkanes) is 4. The van der Waals surface area contributed by atoms with Gasteiger partial charge in [-0.05, 0) is 62.4 Å². The maximum Gasteiger partial charge on any atom is 0.313 e. The minimum Gasteiger partial charge on any atom is -0.465 e. The number of para-hydroxylation sites is 1. The van der Waals surface area contributed by atoms with Gasteiger partial charge in [-0.2, -0.15) is 0 Å². The molecule has 0 spiro atoms. The number of esters is 1. The smallest absolute Gasteiger partial charge is 0.313 e. The normalized spacial score (nSPS) is 12.6. The van der Waals surface area contributed by atoms with E-state index in [1.165, 1.54) is 12.8 Å². The third kappa shape index (κ3) is 5.38. The van der Waals surface area contributed by atoms with Gasteiger partial charge in [0.15, 0.2) is 0 Å². The summed E-state index contributed by atoms with van der Waals surface area (Å²) in [5.41, 5.74) is 1.76. The summed E-state index contributed by atoms with van der Waals surface area (Å²) >= 11 is 0. The maximum absolute atomic E-state index is 12.8. The first kappa shape index (κ1) is 21.8. The fraction of sp³-hybridized carbons (Fsp3) is 0.385. The number of fused-ring (bicyclic) bond motifs is 2. The third-order valence-corrected chi connectivity index (χ3v) is 5.35. The predicted octanol–water partition coefficient (Wildman–Crippen LogP) is 6.51. The van der Waals surface area contributed by atoms with Gasteiger partial charge in [0.1, 0.15) is 11.2 Å². The van der Waals surface area contributed by atoms with Crippen LogP contribution in [0.4, 0.5) is 0 Å². The van der Waals surface area contributed by atoms with E-state index in [-0.39, 0.29) is 11.4 Å². The van der Waals surface area contributed by atoms with Gasteiger partial charge in [-0.3, -0.25) is 9.59 Å². The number of carbonyl (C=O) groups is 1. The number of allylic oxidation sites excluding steroid dienone is 2. The van der Waals surface area contributed by atoms with Crippen LogP contribution in [0.25, 0.3) is 21.9 Å². The van der Waals surface area contributed by atoms with Crippen molar-refractivity contribution in [1.29, 1.82) is 0 Å². The minimum atomic E-state index is -0.436. The van der Waals surface area contributed by atoms with Crippen molar-refractivity contribution in [2.75, 3.05) is 6.61 Å². The standard InChI is InChI=1S/C26H30O4/c1-3-4-5-6-7-8-9-12-17-29-26(28)19(2)20-15-16-24-22(18-20)25(27)21-13-10-11-14-23(21)30-24/h6-7,10-11,13-16,18-19H,3-5,8-9,12,17H2,1-2H3. The van der Waals surface area contributed by atoms with Crippen LogP contribution in [-0.2, 0) is 9.53 Å². The van der Waals surface area contributed by atoms with Crippen molar-refractivity contribution >= 4 is 27.9 Å². The zero-order valence-electron chi connectivity index (χ0n) is 17.9.